The standard InChI is InChI=1S/C24H30N2O3/c1-25-23(27)10-11-24(25)12-14-26(15-13-24)17-20-8-9-21(22(16-20)28-2)29-18-19-6-4-3-5-7-19/h3-9,16H,10-15,17-18H2,1-2H3. The molecular weight excluding hydrogens is 364 g/mol. The van der Waals surface area contributed by atoms with Gasteiger partial charge in [-0.1, -0.05) is 36.4 Å². The number of methoxy groups -OCH3 is 1. The van der Waals surface area contributed by atoms with Gasteiger partial charge in [-0.3, -0.25) is 9.69 Å². The van der Waals surface area contributed by atoms with E-state index in [1.54, 1.807) is 7.11 Å². The Morgan fingerprint density at radius 2 is 1.72 bits per heavy atom. The zero-order valence-electron chi connectivity index (χ0n) is 17.4. The van der Waals surface area contributed by atoms with Crippen LogP contribution in [0.3, 0.4) is 0 Å². The van der Waals surface area contributed by atoms with E-state index in [9.17, 15) is 4.79 Å². The van der Waals surface area contributed by atoms with Crippen molar-refractivity contribution in [2.45, 2.75) is 44.4 Å². The minimum Gasteiger partial charge on any atom is -0.493 e. The highest BCUT2D eigenvalue weighted by Gasteiger charge is 2.44. The summed E-state index contributed by atoms with van der Waals surface area (Å²) in [6, 6.07) is 16.4. The maximum Gasteiger partial charge on any atom is 0.222 e. The van der Waals surface area contributed by atoms with Gasteiger partial charge in [0.25, 0.3) is 0 Å². The molecule has 0 aliphatic carbocycles. The molecule has 4 rings (SSSR count). The van der Waals surface area contributed by atoms with Crippen LogP contribution in [0.1, 0.15) is 36.8 Å². The van der Waals surface area contributed by atoms with E-state index in [1.807, 2.05) is 36.2 Å². The van der Waals surface area contributed by atoms with Gasteiger partial charge in [0.05, 0.1) is 7.11 Å². The lowest BCUT2D eigenvalue weighted by Gasteiger charge is -2.43. The van der Waals surface area contributed by atoms with Gasteiger partial charge in [-0.15, -0.1) is 0 Å². The Hall–Kier alpha value is -2.53. The smallest absolute Gasteiger partial charge is 0.222 e. The van der Waals surface area contributed by atoms with Crippen LogP contribution in [-0.2, 0) is 17.9 Å². The molecule has 2 aliphatic rings. The van der Waals surface area contributed by atoms with Crippen molar-refractivity contribution >= 4 is 5.91 Å². The maximum absolute atomic E-state index is 12.0. The zero-order valence-corrected chi connectivity index (χ0v) is 17.4. The summed E-state index contributed by atoms with van der Waals surface area (Å²) in [5.41, 5.74) is 2.46. The van der Waals surface area contributed by atoms with Gasteiger partial charge in [0.15, 0.2) is 11.5 Å². The molecule has 0 saturated carbocycles. The Kier molecular flexibility index (Phi) is 5.76. The number of piperidine rings is 1. The van der Waals surface area contributed by atoms with Crippen molar-refractivity contribution in [1.82, 2.24) is 9.80 Å². The third-order valence-corrected chi connectivity index (χ3v) is 6.55. The van der Waals surface area contributed by atoms with Crippen molar-refractivity contribution in [2.24, 2.45) is 0 Å². The molecule has 5 heteroatoms. The molecule has 0 unspecified atom stereocenters. The van der Waals surface area contributed by atoms with Gasteiger partial charge in [0.2, 0.25) is 5.91 Å². The SMILES string of the molecule is COc1cc(CN2CCC3(CCC(=O)N3C)CC2)ccc1OCc1ccccc1. The summed E-state index contributed by atoms with van der Waals surface area (Å²) in [7, 11) is 3.66. The number of carbonyl (C=O) groups excluding carboxylic acids is 1. The first kappa shape index (κ1) is 19.8. The van der Waals surface area contributed by atoms with E-state index in [2.05, 4.69) is 29.2 Å². The fraction of sp³-hybridized carbons (Fsp3) is 0.458. The van der Waals surface area contributed by atoms with Crippen LogP contribution in [0, 0.1) is 0 Å². The van der Waals surface area contributed by atoms with Crippen molar-refractivity contribution in [3.05, 3.63) is 59.7 Å². The average molecular weight is 395 g/mol. The molecule has 2 fully saturated rings. The number of carbonyl (C=O) groups is 1. The normalized spacial score (nSPS) is 19.0. The molecule has 0 N–H and O–H groups in total. The summed E-state index contributed by atoms with van der Waals surface area (Å²) in [4.78, 5) is 16.4. The predicted octanol–water partition coefficient (Wildman–Crippen LogP) is 3.86. The molecule has 2 aromatic carbocycles. The second-order valence-electron chi connectivity index (χ2n) is 8.21. The van der Waals surface area contributed by atoms with Crippen LogP contribution in [0.15, 0.2) is 48.5 Å². The van der Waals surface area contributed by atoms with Gasteiger partial charge >= 0.3 is 0 Å². The first-order chi connectivity index (χ1) is 14.1. The number of hydrogen-bond donors (Lipinski definition) is 0. The number of amides is 1. The van der Waals surface area contributed by atoms with E-state index in [0.29, 0.717) is 18.9 Å². The number of benzene rings is 2. The molecule has 2 aromatic rings. The van der Waals surface area contributed by atoms with Crippen molar-refractivity contribution < 1.29 is 14.3 Å². The largest absolute Gasteiger partial charge is 0.493 e. The lowest BCUT2D eigenvalue weighted by molar-refractivity contribution is -0.130. The van der Waals surface area contributed by atoms with Crippen LogP contribution in [0.25, 0.3) is 0 Å². The highest BCUT2D eigenvalue weighted by Crippen LogP contribution is 2.38. The fourth-order valence-corrected chi connectivity index (χ4v) is 4.58. The third-order valence-electron chi connectivity index (χ3n) is 6.55. The molecular formula is C24H30N2O3. The molecule has 0 aromatic heterocycles. The topological polar surface area (TPSA) is 42.0 Å². The summed E-state index contributed by atoms with van der Waals surface area (Å²) in [5.74, 6) is 1.84. The summed E-state index contributed by atoms with van der Waals surface area (Å²) < 4.78 is 11.5. The van der Waals surface area contributed by atoms with Crippen molar-refractivity contribution in [1.29, 1.82) is 0 Å². The van der Waals surface area contributed by atoms with E-state index in [1.165, 1.54) is 5.56 Å². The fourth-order valence-electron chi connectivity index (χ4n) is 4.58. The quantitative estimate of drug-likeness (QED) is 0.746. The monoisotopic (exact) mass is 394 g/mol. The van der Waals surface area contributed by atoms with Crippen molar-refractivity contribution in [3.63, 3.8) is 0 Å². The average Bonchev–Trinajstić information content (AvgIpc) is 3.03. The van der Waals surface area contributed by atoms with Crippen LogP contribution in [-0.4, -0.2) is 48.5 Å². The van der Waals surface area contributed by atoms with E-state index in [0.717, 1.165) is 56.0 Å². The first-order valence-electron chi connectivity index (χ1n) is 10.4. The molecule has 0 radical (unpaired) electrons. The van der Waals surface area contributed by atoms with Crippen LogP contribution >= 0.6 is 0 Å². The Balaban J connectivity index is 1.35. The summed E-state index contributed by atoms with van der Waals surface area (Å²) in [5, 5.41) is 0. The lowest BCUT2D eigenvalue weighted by Crippen LogP contribution is -2.51. The van der Waals surface area contributed by atoms with Crippen molar-refractivity contribution in [2.75, 3.05) is 27.2 Å². The zero-order chi connectivity index (χ0) is 20.3. The highest BCUT2D eigenvalue weighted by atomic mass is 16.5. The van der Waals surface area contributed by atoms with Crippen LogP contribution < -0.4 is 9.47 Å². The number of nitrogens with zero attached hydrogens (tertiary/aromatic N) is 2. The van der Waals surface area contributed by atoms with Crippen LogP contribution in [0.2, 0.25) is 0 Å². The number of ether oxygens (including phenoxy) is 2. The molecule has 1 spiro atoms. The molecule has 0 atom stereocenters. The minimum absolute atomic E-state index is 0.0976. The molecule has 154 valence electrons. The number of hydrogen-bond acceptors (Lipinski definition) is 4. The van der Waals surface area contributed by atoms with Gasteiger partial charge in [-0.25, -0.2) is 0 Å². The van der Waals surface area contributed by atoms with Gasteiger partial charge in [-0.2, -0.15) is 0 Å². The van der Waals surface area contributed by atoms with Gasteiger partial charge < -0.3 is 14.4 Å². The Morgan fingerprint density at radius 1 is 0.966 bits per heavy atom. The lowest BCUT2D eigenvalue weighted by atomic mass is 9.85. The molecule has 29 heavy (non-hydrogen) atoms. The Morgan fingerprint density at radius 3 is 2.38 bits per heavy atom. The van der Waals surface area contributed by atoms with Crippen LogP contribution in [0.4, 0.5) is 0 Å². The maximum atomic E-state index is 12.0. The Labute approximate surface area is 173 Å². The van der Waals surface area contributed by atoms with E-state index >= 15 is 0 Å². The van der Waals surface area contributed by atoms with Crippen LogP contribution in [0.5, 0.6) is 11.5 Å². The molecule has 5 nitrogen and oxygen atoms in total. The van der Waals surface area contributed by atoms with Gasteiger partial charge in [-0.05, 0) is 42.5 Å². The summed E-state index contributed by atoms with van der Waals surface area (Å²) >= 11 is 0. The second-order valence-corrected chi connectivity index (χ2v) is 8.21. The Bertz CT molecular complexity index is 844. The molecule has 2 heterocycles. The summed E-state index contributed by atoms with van der Waals surface area (Å²) in [6.45, 7) is 3.46. The number of rotatable bonds is 6. The van der Waals surface area contributed by atoms with E-state index in [-0.39, 0.29) is 5.54 Å². The second kappa shape index (κ2) is 8.46. The predicted molar refractivity (Wildman–Crippen MR) is 113 cm³/mol. The minimum atomic E-state index is 0.0976. The third kappa shape index (κ3) is 4.25. The van der Waals surface area contributed by atoms with Gasteiger partial charge in [0.1, 0.15) is 6.61 Å². The summed E-state index contributed by atoms with van der Waals surface area (Å²) in [6.07, 6.45) is 3.84. The molecule has 2 saturated heterocycles. The molecule has 2 aliphatic heterocycles. The van der Waals surface area contributed by atoms with E-state index < -0.39 is 0 Å². The van der Waals surface area contributed by atoms with Crippen molar-refractivity contribution in [3.8, 4) is 11.5 Å². The van der Waals surface area contributed by atoms with Gasteiger partial charge in [0, 0.05) is 38.6 Å². The molecule has 1 amide bonds. The highest BCUT2D eigenvalue weighted by molar-refractivity contribution is 5.79. The van der Waals surface area contributed by atoms with E-state index in [4.69, 9.17) is 9.47 Å². The number of likely N-dealkylation sites (tertiary alicyclic amines) is 2. The molecule has 0 bridgehead atoms. The first-order valence-corrected chi connectivity index (χ1v) is 10.4.